The Balaban J connectivity index is 1.78. The van der Waals surface area contributed by atoms with E-state index in [0.29, 0.717) is 18.1 Å². The summed E-state index contributed by atoms with van der Waals surface area (Å²) in [5, 5.41) is 0. The minimum Gasteiger partial charge on any atom is -0.494 e. The van der Waals surface area contributed by atoms with E-state index in [9.17, 15) is 9.59 Å². The zero-order chi connectivity index (χ0) is 22.5. The van der Waals surface area contributed by atoms with Crippen LogP contribution in [-0.2, 0) is 4.79 Å². The van der Waals surface area contributed by atoms with Gasteiger partial charge in [0, 0.05) is 10.4 Å². The second kappa shape index (κ2) is 9.83. The van der Waals surface area contributed by atoms with Crippen LogP contribution in [0.4, 0.5) is 0 Å². The smallest absolute Gasteiger partial charge is 0.326 e. The lowest BCUT2D eigenvalue weighted by atomic mass is 10.0. The minimum absolute atomic E-state index is 0.187. The Bertz CT molecular complexity index is 1110. The van der Waals surface area contributed by atoms with Gasteiger partial charge in [-0.25, -0.2) is 4.68 Å². The zero-order valence-corrected chi connectivity index (χ0v) is 19.3. The van der Waals surface area contributed by atoms with Crippen LogP contribution in [0.1, 0.15) is 42.7 Å². The Morgan fingerprint density at radius 1 is 1.10 bits per heavy atom. The molecule has 0 unspecified atom stereocenters. The Kier molecular flexibility index (Phi) is 7.17. The van der Waals surface area contributed by atoms with E-state index in [2.05, 4.69) is 19.3 Å². The number of rotatable bonds is 8. The number of carbonyl (C=O) groups is 1. The van der Waals surface area contributed by atoms with Gasteiger partial charge in [0.05, 0.1) is 12.3 Å². The highest BCUT2D eigenvalue weighted by molar-refractivity contribution is 7.09. The Morgan fingerprint density at radius 2 is 1.81 bits per heavy atom. The van der Waals surface area contributed by atoms with Crippen molar-refractivity contribution in [2.24, 2.45) is 0 Å². The molecule has 1 heterocycles. The third-order valence-electron chi connectivity index (χ3n) is 4.81. The molecule has 164 valence electrons. The van der Waals surface area contributed by atoms with Crippen molar-refractivity contribution in [2.75, 3.05) is 18.6 Å². The van der Waals surface area contributed by atoms with Gasteiger partial charge in [-0.15, -0.1) is 0 Å². The first-order valence-corrected chi connectivity index (χ1v) is 11.1. The van der Waals surface area contributed by atoms with Crippen molar-refractivity contribution in [3.8, 4) is 22.8 Å². The van der Waals surface area contributed by atoms with Crippen LogP contribution in [0.2, 0.25) is 0 Å². The van der Waals surface area contributed by atoms with Crippen molar-refractivity contribution < 1.29 is 14.3 Å². The molecule has 1 aromatic heterocycles. The number of hydrogen-bond acceptors (Lipinski definition) is 5. The average Bonchev–Trinajstić information content (AvgIpc) is 3.00. The SMILES string of the molecule is CCOc1ccc(-c2c(C)sc(=O)n2NC(=O)COc2cc(C)ccc2C(C)C)cc1. The largest absolute Gasteiger partial charge is 0.494 e. The van der Waals surface area contributed by atoms with Crippen molar-refractivity contribution in [2.45, 2.75) is 40.5 Å². The summed E-state index contributed by atoms with van der Waals surface area (Å²) in [6.45, 7) is 10.3. The number of aromatic nitrogens is 1. The van der Waals surface area contributed by atoms with Crippen LogP contribution in [0.5, 0.6) is 11.5 Å². The lowest BCUT2D eigenvalue weighted by Crippen LogP contribution is -2.33. The highest BCUT2D eigenvalue weighted by Gasteiger charge is 2.17. The van der Waals surface area contributed by atoms with Crippen LogP contribution in [0.3, 0.4) is 0 Å². The number of ether oxygens (including phenoxy) is 2. The van der Waals surface area contributed by atoms with Gasteiger partial charge in [0.2, 0.25) is 0 Å². The molecule has 0 bridgehead atoms. The molecule has 0 saturated carbocycles. The molecule has 3 aromatic rings. The van der Waals surface area contributed by atoms with Gasteiger partial charge < -0.3 is 9.47 Å². The van der Waals surface area contributed by atoms with Gasteiger partial charge in [0.25, 0.3) is 5.91 Å². The zero-order valence-electron chi connectivity index (χ0n) is 18.5. The predicted octanol–water partition coefficient (Wildman–Crippen LogP) is 4.86. The lowest BCUT2D eigenvalue weighted by Gasteiger charge is -2.15. The summed E-state index contributed by atoms with van der Waals surface area (Å²) >= 11 is 1.09. The lowest BCUT2D eigenvalue weighted by molar-refractivity contribution is -0.119. The molecule has 0 saturated heterocycles. The number of carbonyl (C=O) groups excluding carboxylic acids is 1. The third-order valence-corrected chi connectivity index (χ3v) is 5.66. The molecule has 2 aromatic carbocycles. The predicted molar refractivity (Wildman–Crippen MR) is 125 cm³/mol. The molecule has 0 aliphatic heterocycles. The monoisotopic (exact) mass is 440 g/mol. The number of aryl methyl sites for hydroxylation is 2. The number of amides is 1. The van der Waals surface area contributed by atoms with Crippen LogP contribution in [0.25, 0.3) is 11.3 Å². The van der Waals surface area contributed by atoms with Crippen LogP contribution >= 0.6 is 11.3 Å². The van der Waals surface area contributed by atoms with Crippen LogP contribution in [0, 0.1) is 13.8 Å². The fourth-order valence-corrected chi connectivity index (χ4v) is 4.12. The maximum absolute atomic E-state index is 12.6. The van der Waals surface area contributed by atoms with E-state index in [-0.39, 0.29) is 17.4 Å². The quantitative estimate of drug-likeness (QED) is 0.543. The number of benzene rings is 2. The maximum atomic E-state index is 12.6. The van der Waals surface area contributed by atoms with Crippen LogP contribution < -0.4 is 19.8 Å². The van der Waals surface area contributed by atoms with E-state index in [4.69, 9.17) is 9.47 Å². The molecule has 0 fully saturated rings. The number of nitrogens with zero attached hydrogens (tertiary/aromatic N) is 1. The average molecular weight is 441 g/mol. The molecule has 1 amide bonds. The molecule has 0 radical (unpaired) electrons. The third kappa shape index (κ3) is 5.35. The van der Waals surface area contributed by atoms with Gasteiger partial charge in [0.15, 0.2) is 6.61 Å². The molecule has 6 nitrogen and oxygen atoms in total. The second-order valence-corrected chi connectivity index (χ2v) is 8.75. The molecule has 3 rings (SSSR count). The molecular weight excluding hydrogens is 412 g/mol. The maximum Gasteiger partial charge on any atom is 0.326 e. The summed E-state index contributed by atoms with van der Waals surface area (Å²) in [5.41, 5.74) is 6.27. The van der Waals surface area contributed by atoms with E-state index >= 15 is 0 Å². The molecule has 0 spiro atoms. The molecule has 0 atom stereocenters. The topological polar surface area (TPSA) is 69.6 Å². The van der Waals surface area contributed by atoms with Crippen molar-refractivity contribution in [3.63, 3.8) is 0 Å². The van der Waals surface area contributed by atoms with Crippen molar-refractivity contribution in [1.82, 2.24) is 4.68 Å². The van der Waals surface area contributed by atoms with Gasteiger partial charge in [-0.2, -0.15) is 0 Å². The minimum atomic E-state index is -0.400. The molecule has 31 heavy (non-hydrogen) atoms. The number of thiazole rings is 1. The van der Waals surface area contributed by atoms with E-state index in [1.807, 2.05) is 63.2 Å². The van der Waals surface area contributed by atoms with Gasteiger partial charge in [0.1, 0.15) is 11.5 Å². The first-order valence-electron chi connectivity index (χ1n) is 10.3. The molecular formula is C24H28N2O4S. The van der Waals surface area contributed by atoms with E-state index in [1.54, 1.807) is 0 Å². The van der Waals surface area contributed by atoms with Crippen molar-refractivity contribution >= 4 is 17.2 Å². The fraction of sp³-hybridized carbons (Fsp3) is 0.333. The van der Waals surface area contributed by atoms with Crippen LogP contribution in [-0.4, -0.2) is 23.8 Å². The first-order chi connectivity index (χ1) is 14.8. The number of nitrogens with one attached hydrogen (secondary N) is 1. The summed E-state index contributed by atoms with van der Waals surface area (Å²) in [4.78, 5) is 25.7. The Hall–Kier alpha value is -3.06. The highest BCUT2D eigenvalue weighted by Crippen LogP contribution is 2.28. The molecule has 0 aliphatic carbocycles. The highest BCUT2D eigenvalue weighted by atomic mass is 32.1. The van der Waals surface area contributed by atoms with E-state index in [1.165, 1.54) is 4.68 Å². The summed E-state index contributed by atoms with van der Waals surface area (Å²) in [7, 11) is 0. The standard InChI is InChI=1S/C24H28N2O4S/c1-6-29-19-10-8-18(9-11-19)23-17(5)31-24(28)26(23)25-22(27)14-30-21-13-16(4)7-12-20(21)15(2)3/h7-13,15H,6,14H2,1-5H3,(H,25,27). The fourth-order valence-electron chi connectivity index (χ4n) is 3.33. The first kappa shape index (κ1) is 22.6. The molecule has 0 aliphatic rings. The summed E-state index contributed by atoms with van der Waals surface area (Å²) in [6, 6.07) is 13.4. The van der Waals surface area contributed by atoms with Crippen LogP contribution in [0.15, 0.2) is 47.3 Å². The number of hydrogen-bond donors (Lipinski definition) is 1. The Morgan fingerprint density at radius 3 is 2.45 bits per heavy atom. The summed E-state index contributed by atoms with van der Waals surface area (Å²) in [6.07, 6.45) is 0. The van der Waals surface area contributed by atoms with Crippen molar-refractivity contribution in [3.05, 3.63) is 68.1 Å². The summed E-state index contributed by atoms with van der Waals surface area (Å²) in [5.74, 6) is 1.31. The second-order valence-electron chi connectivity index (χ2n) is 7.59. The van der Waals surface area contributed by atoms with E-state index < -0.39 is 5.91 Å². The van der Waals surface area contributed by atoms with Gasteiger partial charge in [-0.1, -0.05) is 37.3 Å². The van der Waals surface area contributed by atoms with Gasteiger partial charge >= 0.3 is 4.87 Å². The van der Waals surface area contributed by atoms with Gasteiger partial charge in [-0.3, -0.25) is 15.0 Å². The van der Waals surface area contributed by atoms with Crippen molar-refractivity contribution in [1.29, 1.82) is 0 Å². The summed E-state index contributed by atoms with van der Waals surface area (Å²) < 4.78 is 12.6. The Labute approximate surface area is 186 Å². The normalized spacial score (nSPS) is 10.9. The molecule has 1 N–H and O–H groups in total. The van der Waals surface area contributed by atoms with E-state index in [0.717, 1.165) is 38.7 Å². The van der Waals surface area contributed by atoms with Gasteiger partial charge in [-0.05, 0) is 68.1 Å². The molecule has 7 heteroatoms.